The van der Waals surface area contributed by atoms with E-state index in [9.17, 15) is 4.79 Å². The number of aromatic nitrogens is 2. The first-order valence-electron chi connectivity index (χ1n) is 6.38. The van der Waals surface area contributed by atoms with Crippen molar-refractivity contribution in [2.75, 3.05) is 25.6 Å². The van der Waals surface area contributed by atoms with Crippen LogP contribution in [-0.2, 0) is 9.53 Å². The van der Waals surface area contributed by atoms with Crippen molar-refractivity contribution >= 4 is 11.9 Å². The molecule has 1 heterocycles. The van der Waals surface area contributed by atoms with Gasteiger partial charge >= 0.3 is 0 Å². The maximum atomic E-state index is 11.2. The van der Waals surface area contributed by atoms with E-state index in [1.54, 1.807) is 6.20 Å². The number of nitrogens with zero attached hydrogens (tertiary/aromatic N) is 2. The molecule has 1 atom stereocenters. The van der Waals surface area contributed by atoms with Crippen molar-refractivity contribution in [2.24, 2.45) is 0 Å². The van der Waals surface area contributed by atoms with E-state index >= 15 is 0 Å². The molecule has 0 aliphatic heterocycles. The molecule has 0 saturated heterocycles. The van der Waals surface area contributed by atoms with Crippen LogP contribution in [0.4, 0.5) is 5.95 Å². The number of carbonyl (C=O) groups excluding carboxylic acids is 1. The summed E-state index contributed by atoms with van der Waals surface area (Å²) in [6.07, 6.45) is 1.74. The highest BCUT2D eigenvalue weighted by Gasteiger charge is 2.08. The minimum atomic E-state index is -0.131. The first kappa shape index (κ1) is 15.4. The van der Waals surface area contributed by atoms with Gasteiger partial charge in [0.05, 0.1) is 0 Å². The summed E-state index contributed by atoms with van der Waals surface area (Å²) >= 11 is 0. The van der Waals surface area contributed by atoms with E-state index < -0.39 is 0 Å². The average molecular weight is 266 g/mol. The Labute approximate surface area is 114 Å². The van der Waals surface area contributed by atoms with Gasteiger partial charge in [0.1, 0.15) is 6.61 Å². The lowest BCUT2D eigenvalue weighted by atomic mass is 10.1. The number of amides is 1. The Morgan fingerprint density at radius 1 is 1.42 bits per heavy atom. The second kappa shape index (κ2) is 7.68. The van der Waals surface area contributed by atoms with Crippen LogP contribution in [0.3, 0.4) is 0 Å². The second-order valence-electron chi connectivity index (χ2n) is 4.74. The number of carbonyl (C=O) groups is 1. The van der Waals surface area contributed by atoms with Gasteiger partial charge in [-0.2, -0.15) is 0 Å². The summed E-state index contributed by atoms with van der Waals surface area (Å²) in [5.74, 6) is 0.813. The van der Waals surface area contributed by atoms with Gasteiger partial charge in [-0.3, -0.25) is 4.79 Å². The first-order valence-corrected chi connectivity index (χ1v) is 6.38. The van der Waals surface area contributed by atoms with E-state index in [1.165, 1.54) is 7.11 Å². The number of rotatable bonds is 7. The van der Waals surface area contributed by atoms with Gasteiger partial charge in [-0.05, 0) is 18.9 Å². The number of nitrogens with one attached hydrogen (secondary N) is 2. The molecule has 1 amide bonds. The monoisotopic (exact) mass is 266 g/mol. The van der Waals surface area contributed by atoms with Crippen LogP contribution < -0.4 is 10.6 Å². The highest BCUT2D eigenvalue weighted by Crippen LogP contribution is 2.12. The molecule has 106 valence electrons. The fourth-order valence-electron chi connectivity index (χ4n) is 1.48. The molecule has 2 N–H and O–H groups in total. The summed E-state index contributed by atoms with van der Waals surface area (Å²) < 4.78 is 4.74. The van der Waals surface area contributed by atoms with Crippen molar-refractivity contribution in [1.82, 2.24) is 15.3 Å². The van der Waals surface area contributed by atoms with Crippen molar-refractivity contribution in [3.05, 3.63) is 18.0 Å². The Morgan fingerprint density at radius 3 is 2.79 bits per heavy atom. The van der Waals surface area contributed by atoms with E-state index in [0.29, 0.717) is 18.4 Å². The van der Waals surface area contributed by atoms with Crippen LogP contribution in [0.25, 0.3) is 0 Å². The summed E-state index contributed by atoms with van der Waals surface area (Å²) in [5, 5.41) is 5.92. The van der Waals surface area contributed by atoms with E-state index in [-0.39, 0.29) is 18.6 Å². The number of hydrogen-bond donors (Lipinski definition) is 2. The number of ether oxygens (including phenoxy) is 1. The zero-order chi connectivity index (χ0) is 14.3. The van der Waals surface area contributed by atoms with Gasteiger partial charge in [0.15, 0.2) is 0 Å². The molecule has 0 unspecified atom stereocenters. The Balaban J connectivity index is 2.45. The summed E-state index contributed by atoms with van der Waals surface area (Å²) in [5.41, 5.74) is 0.994. The van der Waals surface area contributed by atoms with Crippen molar-refractivity contribution in [2.45, 2.75) is 32.7 Å². The van der Waals surface area contributed by atoms with Gasteiger partial charge in [0.25, 0.3) is 0 Å². The van der Waals surface area contributed by atoms with Crippen LogP contribution in [-0.4, -0.2) is 42.2 Å². The average Bonchev–Trinajstić information content (AvgIpc) is 2.37. The Hall–Kier alpha value is -1.69. The van der Waals surface area contributed by atoms with Gasteiger partial charge in [-0.25, -0.2) is 9.97 Å². The highest BCUT2D eigenvalue weighted by molar-refractivity contribution is 5.77. The molecule has 0 radical (unpaired) electrons. The Kier molecular flexibility index (Phi) is 6.21. The normalized spacial score (nSPS) is 12.3. The molecule has 1 aromatic rings. The number of methoxy groups -OCH3 is 1. The molecule has 0 spiro atoms. The lowest BCUT2D eigenvalue weighted by Gasteiger charge is -2.15. The molecule has 0 aromatic carbocycles. The smallest absolute Gasteiger partial charge is 0.246 e. The van der Waals surface area contributed by atoms with Gasteiger partial charge in [0, 0.05) is 31.6 Å². The van der Waals surface area contributed by atoms with Crippen molar-refractivity contribution in [1.29, 1.82) is 0 Å². The zero-order valence-corrected chi connectivity index (χ0v) is 11.9. The third-order valence-electron chi connectivity index (χ3n) is 2.52. The predicted molar refractivity (Wildman–Crippen MR) is 74.1 cm³/mol. The molecular formula is C13H22N4O2. The molecule has 0 fully saturated rings. The molecule has 1 rings (SSSR count). The highest BCUT2D eigenvalue weighted by atomic mass is 16.5. The van der Waals surface area contributed by atoms with Crippen LogP contribution in [0.1, 0.15) is 32.4 Å². The van der Waals surface area contributed by atoms with Crippen molar-refractivity contribution in [3.63, 3.8) is 0 Å². The third kappa shape index (κ3) is 5.65. The zero-order valence-electron chi connectivity index (χ0n) is 11.9. The second-order valence-corrected chi connectivity index (χ2v) is 4.74. The van der Waals surface area contributed by atoms with E-state index in [0.717, 1.165) is 5.69 Å². The molecule has 6 heteroatoms. The Morgan fingerprint density at radius 2 is 2.16 bits per heavy atom. The molecule has 0 aliphatic carbocycles. The fraction of sp³-hybridized carbons (Fsp3) is 0.615. The van der Waals surface area contributed by atoms with Crippen molar-refractivity contribution < 1.29 is 9.53 Å². The number of hydrogen-bond acceptors (Lipinski definition) is 5. The van der Waals surface area contributed by atoms with Crippen LogP contribution in [0.2, 0.25) is 0 Å². The fourth-order valence-corrected chi connectivity index (χ4v) is 1.48. The summed E-state index contributed by atoms with van der Waals surface area (Å²) in [6.45, 7) is 6.70. The minimum Gasteiger partial charge on any atom is -0.375 e. The molecule has 0 bridgehead atoms. The lowest BCUT2D eigenvalue weighted by Crippen LogP contribution is -2.36. The Bertz CT molecular complexity index is 409. The molecule has 19 heavy (non-hydrogen) atoms. The SMILES string of the molecule is COCC(=O)NC[C@@H](C)Nc1nccc(C(C)C)n1. The quantitative estimate of drug-likeness (QED) is 0.774. The summed E-state index contributed by atoms with van der Waals surface area (Å²) in [7, 11) is 1.49. The summed E-state index contributed by atoms with van der Waals surface area (Å²) in [6, 6.07) is 1.95. The van der Waals surface area contributed by atoms with Gasteiger partial charge < -0.3 is 15.4 Å². The largest absolute Gasteiger partial charge is 0.375 e. The van der Waals surface area contributed by atoms with Crippen LogP contribution >= 0.6 is 0 Å². The topological polar surface area (TPSA) is 76.1 Å². The van der Waals surface area contributed by atoms with E-state index in [1.807, 2.05) is 13.0 Å². The van der Waals surface area contributed by atoms with Gasteiger partial charge in [-0.15, -0.1) is 0 Å². The van der Waals surface area contributed by atoms with E-state index in [2.05, 4.69) is 34.4 Å². The lowest BCUT2D eigenvalue weighted by molar-refractivity contribution is -0.124. The van der Waals surface area contributed by atoms with Gasteiger partial charge in [0.2, 0.25) is 11.9 Å². The molecule has 6 nitrogen and oxygen atoms in total. The summed E-state index contributed by atoms with van der Waals surface area (Å²) in [4.78, 5) is 19.8. The molecule has 0 aliphatic rings. The number of anilines is 1. The van der Waals surface area contributed by atoms with Crippen LogP contribution in [0.15, 0.2) is 12.3 Å². The maximum absolute atomic E-state index is 11.2. The van der Waals surface area contributed by atoms with Gasteiger partial charge in [-0.1, -0.05) is 13.8 Å². The van der Waals surface area contributed by atoms with E-state index in [4.69, 9.17) is 4.74 Å². The standard InChI is InChI=1S/C13H22N4O2/c1-9(2)11-5-6-14-13(17-11)16-10(3)7-15-12(18)8-19-4/h5-6,9-10H,7-8H2,1-4H3,(H,15,18)(H,14,16,17)/t10-/m1/s1. The molecule has 1 aromatic heterocycles. The molecular weight excluding hydrogens is 244 g/mol. The first-order chi connectivity index (χ1) is 9.02. The predicted octanol–water partition coefficient (Wildman–Crippen LogP) is 1.16. The molecule has 0 saturated carbocycles. The van der Waals surface area contributed by atoms with Crippen LogP contribution in [0.5, 0.6) is 0 Å². The van der Waals surface area contributed by atoms with Crippen molar-refractivity contribution in [3.8, 4) is 0 Å². The van der Waals surface area contributed by atoms with Crippen LogP contribution in [0, 0.1) is 0 Å². The maximum Gasteiger partial charge on any atom is 0.246 e. The minimum absolute atomic E-state index is 0.0446. The third-order valence-corrected chi connectivity index (χ3v) is 2.52.